The van der Waals surface area contributed by atoms with Gasteiger partial charge in [0.25, 0.3) is 0 Å². The van der Waals surface area contributed by atoms with Crippen molar-refractivity contribution in [1.82, 2.24) is 4.90 Å². The summed E-state index contributed by atoms with van der Waals surface area (Å²) in [6.07, 6.45) is 2.56. The van der Waals surface area contributed by atoms with Gasteiger partial charge in [-0.15, -0.1) is 0 Å². The molecule has 0 fully saturated rings. The van der Waals surface area contributed by atoms with Crippen molar-refractivity contribution < 1.29 is 4.79 Å². The Balaban J connectivity index is 4.14. The van der Waals surface area contributed by atoms with Gasteiger partial charge in [0, 0.05) is 19.5 Å². The third kappa shape index (κ3) is 7.37. The summed E-state index contributed by atoms with van der Waals surface area (Å²) in [6, 6.07) is 0. The summed E-state index contributed by atoms with van der Waals surface area (Å²) < 4.78 is 0. The van der Waals surface area contributed by atoms with Crippen LogP contribution in [0.15, 0.2) is 0 Å². The average molecular weight is 242 g/mol. The van der Waals surface area contributed by atoms with Gasteiger partial charge in [-0.05, 0) is 37.6 Å². The highest BCUT2D eigenvalue weighted by Crippen LogP contribution is 2.26. The molecule has 2 N–H and O–H groups in total. The molecule has 0 aliphatic rings. The van der Waals surface area contributed by atoms with Crippen molar-refractivity contribution in [3.05, 3.63) is 0 Å². The third-order valence-electron chi connectivity index (χ3n) is 3.16. The lowest BCUT2D eigenvalue weighted by molar-refractivity contribution is -0.132. The smallest absolute Gasteiger partial charge is 0.222 e. The van der Waals surface area contributed by atoms with E-state index in [9.17, 15) is 4.79 Å². The predicted molar refractivity (Wildman–Crippen MR) is 73.8 cm³/mol. The molecule has 3 nitrogen and oxygen atoms in total. The first-order chi connectivity index (χ1) is 7.82. The van der Waals surface area contributed by atoms with Gasteiger partial charge in [0.15, 0.2) is 0 Å². The summed E-state index contributed by atoms with van der Waals surface area (Å²) in [7, 11) is 0. The Kier molecular flexibility index (Phi) is 7.44. The normalized spacial score (nSPS) is 11.9. The molecule has 0 saturated heterocycles. The molecule has 0 bridgehead atoms. The summed E-state index contributed by atoms with van der Waals surface area (Å²) in [5, 5.41) is 0. The molecule has 0 aromatic rings. The van der Waals surface area contributed by atoms with Gasteiger partial charge in [-0.2, -0.15) is 0 Å². The maximum Gasteiger partial charge on any atom is 0.222 e. The predicted octanol–water partition coefficient (Wildman–Crippen LogP) is 2.65. The van der Waals surface area contributed by atoms with Gasteiger partial charge in [0.2, 0.25) is 5.91 Å². The van der Waals surface area contributed by atoms with E-state index in [0.29, 0.717) is 18.9 Å². The Hall–Kier alpha value is -0.570. The number of rotatable bonds is 8. The molecule has 1 amide bonds. The largest absolute Gasteiger partial charge is 0.343 e. The van der Waals surface area contributed by atoms with Gasteiger partial charge >= 0.3 is 0 Å². The van der Waals surface area contributed by atoms with Crippen LogP contribution in [0.1, 0.15) is 53.9 Å². The number of amides is 1. The van der Waals surface area contributed by atoms with E-state index in [2.05, 4.69) is 27.7 Å². The minimum absolute atomic E-state index is 0.182. The number of carbonyl (C=O) groups is 1. The number of nitrogens with two attached hydrogens (primary N) is 1. The summed E-state index contributed by atoms with van der Waals surface area (Å²) >= 11 is 0. The molecular weight excluding hydrogens is 212 g/mol. The average Bonchev–Trinajstić information content (AvgIpc) is 2.22. The number of carbonyl (C=O) groups excluding carboxylic acids is 1. The van der Waals surface area contributed by atoms with Crippen LogP contribution in [0.4, 0.5) is 0 Å². The van der Waals surface area contributed by atoms with Gasteiger partial charge in [-0.3, -0.25) is 4.79 Å². The molecule has 0 spiro atoms. The van der Waals surface area contributed by atoms with Crippen molar-refractivity contribution in [1.29, 1.82) is 0 Å². The van der Waals surface area contributed by atoms with E-state index in [1.54, 1.807) is 0 Å². The SMILES string of the molecule is CCN(CC(C)C)C(=O)CCC(C)(C)CCN. The molecule has 0 radical (unpaired) electrons. The standard InChI is InChI=1S/C14H30N2O/c1-6-16(11-12(2)3)13(17)7-8-14(4,5)9-10-15/h12H,6-11,15H2,1-5H3. The Morgan fingerprint density at radius 2 is 1.88 bits per heavy atom. The highest BCUT2D eigenvalue weighted by molar-refractivity contribution is 5.76. The quantitative estimate of drug-likeness (QED) is 0.711. The fourth-order valence-electron chi connectivity index (χ4n) is 1.97. The lowest BCUT2D eigenvalue weighted by Gasteiger charge is -2.27. The Morgan fingerprint density at radius 3 is 2.29 bits per heavy atom. The number of hydrogen-bond donors (Lipinski definition) is 1. The first kappa shape index (κ1) is 16.4. The molecule has 0 unspecified atom stereocenters. The second-order valence-corrected chi connectivity index (χ2v) is 6.03. The first-order valence-electron chi connectivity index (χ1n) is 6.80. The van der Waals surface area contributed by atoms with Gasteiger partial charge in [0.1, 0.15) is 0 Å². The monoisotopic (exact) mass is 242 g/mol. The zero-order chi connectivity index (χ0) is 13.5. The van der Waals surface area contributed by atoms with E-state index in [4.69, 9.17) is 5.73 Å². The zero-order valence-electron chi connectivity index (χ0n) is 12.3. The van der Waals surface area contributed by atoms with Crippen molar-refractivity contribution in [3.8, 4) is 0 Å². The van der Waals surface area contributed by atoms with E-state index in [0.717, 1.165) is 25.9 Å². The van der Waals surface area contributed by atoms with Crippen molar-refractivity contribution in [3.63, 3.8) is 0 Å². The van der Waals surface area contributed by atoms with Crippen LogP contribution in [-0.2, 0) is 4.79 Å². The fourth-order valence-corrected chi connectivity index (χ4v) is 1.97. The molecule has 0 aliphatic carbocycles. The van der Waals surface area contributed by atoms with Crippen LogP contribution in [-0.4, -0.2) is 30.4 Å². The van der Waals surface area contributed by atoms with Gasteiger partial charge in [-0.25, -0.2) is 0 Å². The molecule has 0 aromatic carbocycles. The molecule has 0 saturated carbocycles. The minimum Gasteiger partial charge on any atom is -0.343 e. The van der Waals surface area contributed by atoms with Crippen molar-refractivity contribution in [2.24, 2.45) is 17.1 Å². The topological polar surface area (TPSA) is 46.3 Å². The van der Waals surface area contributed by atoms with Crippen LogP contribution >= 0.6 is 0 Å². The lowest BCUT2D eigenvalue weighted by Crippen LogP contribution is -2.34. The number of hydrogen-bond acceptors (Lipinski definition) is 2. The zero-order valence-corrected chi connectivity index (χ0v) is 12.3. The van der Waals surface area contributed by atoms with E-state index < -0.39 is 0 Å². The summed E-state index contributed by atoms with van der Waals surface area (Å²) in [5.41, 5.74) is 5.76. The molecule has 0 rings (SSSR count). The van der Waals surface area contributed by atoms with Gasteiger partial charge < -0.3 is 10.6 Å². The Bertz CT molecular complexity index is 224. The molecule has 17 heavy (non-hydrogen) atoms. The van der Waals surface area contributed by atoms with Crippen LogP contribution in [0.2, 0.25) is 0 Å². The maximum absolute atomic E-state index is 12.1. The molecular formula is C14H30N2O. The molecule has 0 aromatic heterocycles. The van der Waals surface area contributed by atoms with E-state index in [-0.39, 0.29) is 11.3 Å². The second kappa shape index (κ2) is 7.70. The third-order valence-corrected chi connectivity index (χ3v) is 3.16. The molecule has 3 heteroatoms. The van der Waals surface area contributed by atoms with Crippen LogP contribution < -0.4 is 5.73 Å². The molecule has 0 aliphatic heterocycles. The van der Waals surface area contributed by atoms with E-state index >= 15 is 0 Å². The molecule has 0 heterocycles. The fraction of sp³-hybridized carbons (Fsp3) is 0.929. The Morgan fingerprint density at radius 1 is 1.29 bits per heavy atom. The second-order valence-electron chi connectivity index (χ2n) is 6.03. The number of nitrogens with zero attached hydrogens (tertiary/aromatic N) is 1. The van der Waals surface area contributed by atoms with Crippen LogP contribution in [0.5, 0.6) is 0 Å². The van der Waals surface area contributed by atoms with E-state index in [1.807, 2.05) is 11.8 Å². The molecule has 0 atom stereocenters. The first-order valence-corrected chi connectivity index (χ1v) is 6.80. The van der Waals surface area contributed by atoms with E-state index in [1.165, 1.54) is 0 Å². The van der Waals surface area contributed by atoms with Crippen LogP contribution in [0.3, 0.4) is 0 Å². The van der Waals surface area contributed by atoms with Gasteiger partial charge in [0.05, 0.1) is 0 Å². The Labute approximate surface area is 107 Å². The van der Waals surface area contributed by atoms with Crippen molar-refractivity contribution in [2.45, 2.75) is 53.9 Å². The van der Waals surface area contributed by atoms with Crippen LogP contribution in [0, 0.1) is 11.3 Å². The molecule has 102 valence electrons. The lowest BCUT2D eigenvalue weighted by atomic mass is 9.84. The summed E-state index contributed by atoms with van der Waals surface area (Å²) in [6.45, 7) is 13.1. The summed E-state index contributed by atoms with van der Waals surface area (Å²) in [5.74, 6) is 0.822. The highest BCUT2D eigenvalue weighted by Gasteiger charge is 2.20. The highest BCUT2D eigenvalue weighted by atomic mass is 16.2. The van der Waals surface area contributed by atoms with Crippen molar-refractivity contribution >= 4 is 5.91 Å². The summed E-state index contributed by atoms with van der Waals surface area (Å²) in [4.78, 5) is 14.0. The van der Waals surface area contributed by atoms with Gasteiger partial charge in [-0.1, -0.05) is 27.7 Å². The van der Waals surface area contributed by atoms with Crippen LogP contribution in [0.25, 0.3) is 0 Å². The maximum atomic E-state index is 12.1. The minimum atomic E-state index is 0.182. The van der Waals surface area contributed by atoms with Crippen molar-refractivity contribution in [2.75, 3.05) is 19.6 Å².